The van der Waals surface area contributed by atoms with Crippen LogP contribution in [0.1, 0.15) is 55.4 Å². The van der Waals surface area contributed by atoms with Gasteiger partial charge < -0.3 is 4.90 Å². The Kier molecular flexibility index (Phi) is 5.81. The molecule has 0 atom stereocenters. The number of hydrogen-bond donors (Lipinski definition) is 0. The summed E-state index contributed by atoms with van der Waals surface area (Å²) in [5.74, 6) is -0.579. The molecule has 5 nitrogen and oxygen atoms in total. The van der Waals surface area contributed by atoms with Gasteiger partial charge in [-0.15, -0.1) is 0 Å². The highest BCUT2D eigenvalue weighted by Crippen LogP contribution is 2.21. The van der Waals surface area contributed by atoms with E-state index in [1.807, 2.05) is 7.05 Å². The van der Waals surface area contributed by atoms with Gasteiger partial charge in [0.05, 0.1) is 5.69 Å². The molecule has 0 saturated heterocycles. The molecule has 0 radical (unpaired) electrons. The Morgan fingerprint density at radius 1 is 1.04 bits per heavy atom. The number of benzene rings is 1. The van der Waals surface area contributed by atoms with E-state index in [4.69, 9.17) is 0 Å². The third-order valence-corrected chi connectivity index (χ3v) is 5.03. The van der Waals surface area contributed by atoms with Gasteiger partial charge in [0.2, 0.25) is 0 Å². The molecule has 2 aromatic rings. The highest BCUT2D eigenvalue weighted by Gasteiger charge is 2.23. The Hall–Kier alpha value is -2.50. The summed E-state index contributed by atoms with van der Waals surface area (Å²) < 4.78 is 14.3. The lowest BCUT2D eigenvalue weighted by atomic mass is 9.95. The van der Waals surface area contributed by atoms with E-state index in [2.05, 4.69) is 5.10 Å². The van der Waals surface area contributed by atoms with Gasteiger partial charge in [-0.1, -0.05) is 32.1 Å². The molecule has 0 aliphatic heterocycles. The molecule has 1 aromatic carbocycles. The van der Waals surface area contributed by atoms with Crippen molar-refractivity contribution in [3.05, 3.63) is 58.3 Å². The fourth-order valence-electron chi connectivity index (χ4n) is 3.46. The summed E-state index contributed by atoms with van der Waals surface area (Å²) in [5.41, 5.74) is 0.292. The highest BCUT2D eigenvalue weighted by molar-refractivity contribution is 5.92. The molecule has 138 valence electrons. The smallest absolute Gasteiger partial charge is 0.274 e. The Bertz CT molecular complexity index is 809. The normalized spacial score (nSPS) is 15.9. The van der Waals surface area contributed by atoms with E-state index in [9.17, 15) is 14.0 Å². The van der Waals surface area contributed by atoms with Gasteiger partial charge in [-0.25, -0.2) is 4.39 Å². The van der Waals surface area contributed by atoms with Gasteiger partial charge in [0.1, 0.15) is 11.5 Å². The highest BCUT2D eigenvalue weighted by atomic mass is 19.1. The molecule has 3 rings (SSSR count). The number of carbonyl (C=O) groups is 1. The van der Waals surface area contributed by atoms with Crippen LogP contribution in [-0.4, -0.2) is 33.7 Å². The lowest BCUT2D eigenvalue weighted by Crippen LogP contribution is -2.38. The second-order valence-corrected chi connectivity index (χ2v) is 6.86. The maximum absolute atomic E-state index is 13.1. The molecule has 6 heteroatoms. The van der Waals surface area contributed by atoms with Crippen LogP contribution in [0.15, 0.2) is 41.2 Å². The van der Waals surface area contributed by atoms with E-state index < -0.39 is 5.82 Å². The SMILES string of the molecule is CN(C(=O)c1ccc(=O)n(-c2ccc(F)cc2)n1)C1CCCCCCC1. The second kappa shape index (κ2) is 8.25. The topological polar surface area (TPSA) is 55.2 Å². The van der Waals surface area contributed by atoms with Crippen molar-refractivity contribution in [2.45, 2.75) is 51.0 Å². The second-order valence-electron chi connectivity index (χ2n) is 6.86. The van der Waals surface area contributed by atoms with Crippen LogP contribution in [0.25, 0.3) is 5.69 Å². The number of aromatic nitrogens is 2. The van der Waals surface area contributed by atoms with E-state index in [0.29, 0.717) is 5.69 Å². The van der Waals surface area contributed by atoms with Crippen LogP contribution >= 0.6 is 0 Å². The molecule has 1 fully saturated rings. The van der Waals surface area contributed by atoms with Crippen LogP contribution in [0.5, 0.6) is 0 Å². The number of nitrogens with zero attached hydrogens (tertiary/aromatic N) is 3. The van der Waals surface area contributed by atoms with Gasteiger partial charge in [0.15, 0.2) is 0 Å². The van der Waals surface area contributed by atoms with Crippen molar-refractivity contribution in [1.82, 2.24) is 14.7 Å². The maximum atomic E-state index is 13.1. The molecular weight excluding hydrogens is 333 g/mol. The number of hydrogen-bond acceptors (Lipinski definition) is 3. The first-order valence-electron chi connectivity index (χ1n) is 9.20. The van der Waals surface area contributed by atoms with Crippen molar-refractivity contribution in [2.24, 2.45) is 0 Å². The fraction of sp³-hybridized carbons (Fsp3) is 0.450. The van der Waals surface area contributed by atoms with Crippen molar-refractivity contribution in [3.63, 3.8) is 0 Å². The molecule has 1 aliphatic carbocycles. The summed E-state index contributed by atoms with van der Waals surface area (Å²) >= 11 is 0. The van der Waals surface area contributed by atoms with Crippen molar-refractivity contribution >= 4 is 5.91 Å². The molecular formula is C20H24FN3O2. The minimum atomic E-state index is -0.391. The zero-order chi connectivity index (χ0) is 18.5. The van der Waals surface area contributed by atoms with Crippen molar-refractivity contribution in [2.75, 3.05) is 7.05 Å². The molecule has 0 spiro atoms. The standard InChI is InChI=1S/C20H24FN3O2/c1-23(16-7-5-3-2-4-6-8-16)20(26)18-13-14-19(25)24(22-18)17-11-9-15(21)10-12-17/h9-14,16H,2-8H2,1H3. The predicted molar refractivity (Wildman–Crippen MR) is 98.0 cm³/mol. The van der Waals surface area contributed by atoms with E-state index in [1.54, 1.807) is 4.90 Å². The number of amides is 1. The quantitative estimate of drug-likeness (QED) is 0.844. The minimum Gasteiger partial charge on any atom is -0.337 e. The summed E-state index contributed by atoms with van der Waals surface area (Å²) in [6.45, 7) is 0. The molecule has 1 amide bonds. The third kappa shape index (κ3) is 4.18. The average molecular weight is 357 g/mol. The molecule has 0 bridgehead atoms. The molecule has 1 saturated carbocycles. The Balaban J connectivity index is 1.84. The number of rotatable bonds is 3. The Morgan fingerprint density at radius 2 is 1.65 bits per heavy atom. The number of halogens is 1. The predicted octanol–water partition coefficient (Wildman–Crippen LogP) is 3.56. The zero-order valence-electron chi connectivity index (χ0n) is 15.0. The largest absolute Gasteiger partial charge is 0.337 e. The lowest BCUT2D eigenvalue weighted by molar-refractivity contribution is 0.0698. The minimum absolute atomic E-state index is 0.188. The molecule has 1 aromatic heterocycles. The van der Waals surface area contributed by atoms with Gasteiger partial charge in [-0.2, -0.15) is 9.78 Å². The van der Waals surface area contributed by atoms with Crippen LogP contribution in [0.3, 0.4) is 0 Å². The van der Waals surface area contributed by atoms with Gasteiger partial charge in [0.25, 0.3) is 11.5 Å². The third-order valence-electron chi connectivity index (χ3n) is 5.03. The average Bonchev–Trinajstić information content (AvgIpc) is 2.62. The monoisotopic (exact) mass is 357 g/mol. The molecule has 0 unspecified atom stereocenters. The summed E-state index contributed by atoms with van der Waals surface area (Å²) in [4.78, 5) is 26.8. The first-order chi connectivity index (χ1) is 12.6. The molecule has 1 heterocycles. The van der Waals surface area contributed by atoms with Crippen molar-refractivity contribution < 1.29 is 9.18 Å². The van der Waals surface area contributed by atoms with E-state index in [1.165, 1.54) is 55.7 Å². The van der Waals surface area contributed by atoms with Gasteiger partial charge in [-0.05, 0) is 43.2 Å². The van der Waals surface area contributed by atoms with Crippen LogP contribution < -0.4 is 5.56 Å². The molecule has 1 aliphatic rings. The lowest BCUT2D eigenvalue weighted by Gasteiger charge is -2.29. The Morgan fingerprint density at radius 3 is 2.31 bits per heavy atom. The number of carbonyl (C=O) groups excluding carboxylic acids is 1. The van der Waals surface area contributed by atoms with Crippen molar-refractivity contribution in [3.8, 4) is 5.69 Å². The summed E-state index contributed by atoms with van der Waals surface area (Å²) in [6, 6.07) is 8.46. The van der Waals surface area contributed by atoms with E-state index >= 15 is 0 Å². The van der Waals surface area contributed by atoms with Crippen LogP contribution in [0.2, 0.25) is 0 Å². The zero-order valence-corrected chi connectivity index (χ0v) is 15.0. The summed E-state index contributed by atoms with van der Waals surface area (Å²) in [7, 11) is 1.81. The maximum Gasteiger partial charge on any atom is 0.274 e. The van der Waals surface area contributed by atoms with Crippen LogP contribution in [0.4, 0.5) is 4.39 Å². The summed E-state index contributed by atoms with van der Waals surface area (Å²) in [5, 5.41) is 4.22. The van der Waals surface area contributed by atoms with Gasteiger partial charge in [-0.3, -0.25) is 9.59 Å². The van der Waals surface area contributed by atoms with Crippen LogP contribution in [0, 0.1) is 5.82 Å². The fourth-order valence-corrected chi connectivity index (χ4v) is 3.46. The first-order valence-corrected chi connectivity index (χ1v) is 9.20. The first kappa shape index (κ1) is 18.3. The van der Waals surface area contributed by atoms with E-state index in [-0.39, 0.29) is 23.2 Å². The van der Waals surface area contributed by atoms with Crippen LogP contribution in [-0.2, 0) is 0 Å². The Labute approximate surface area is 152 Å². The van der Waals surface area contributed by atoms with Gasteiger partial charge >= 0.3 is 0 Å². The summed E-state index contributed by atoms with van der Waals surface area (Å²) in [6.07, 6.45) is 7.96. The van der Waals surface area contributed by atoms with Gasteiger partial charge in [0, 0.05) is 19.2 Å². The molecule has 0 N–H and O–H groups in total. The molecule has 26 heavy (non-hydrogen) atoms. The van der Waals surface area contributed by atoms with Crippen molar-refractivity contribution in [1.29, 1.82) is 0 Å². The van der Waals surface area contributed by atoms with E-state index in [0.717, 1.165) is 30.4 Å².